The van der Waals surface area contributed by atoms with Crippen LogP contribution in [0.15, 0.2) is 42.6 Å². The molecule has 2 aliphatic rings. The Morgan fingerprint density at radius 3 is 2.25 bits per heavy atom. The van der Waals surface area contributed by atoms with Crippen LogP contribution in [-0.4, -0.2) is 36.1 Å². The van der Waals surface area contributed by atoms with Gasteiger partial charge in [0, 0.05) is 30.4 Å². The van der Waals surface area contributed by atoms with E-state index < -0.39 is 0 Å². The Kier molecular flexibility index (Phi) is 5.41. The summed E-state index contributed by atoms with van der Waals surface area (Å²) in [5, 5.41) is 8.49. The third kappa shape index (κ3) is 4.79. The number of nitrogens with zero attached hydrogens (tertiary/aromatic N) is 2. The first-order chi connectivity index (χ1) is 13.7. The van der Waals surface area contributed by atoms with Gasteiger partial charge in [0.25, 0.3) is 5.91 Å². The average molecular weight is 379 g/mol. The predicted octanol–water partition coefficient (Wildman–Crippen LogP) is 3.61. The Hall–Kier alpha value is -3.09. The number of benzene rings is 1. The van der Waals surface area contributed by atoms with Gasteiger partial charge in [0.05, 0.1) is 11.9 Å². The number of carbonyl (C=O) groups is 2. The highest BCUT2D eigenvalue weighted by atomic mass is 16.2. The highest BCUT2D eigenvalue weighted by molar-refractivity contribution is 6.04. The molecule has 2 fully saturated rings. The molecule has 1 aromatic heterocycles. The number of pyridine rings is 1. The molecule has 1 saturated heterocycles. The summed E-state index contributed by atoms with van der Waals surface area (Å²) in [5.74, 6) is 0.749. The van der Waals surface area contributed by atoms with Gasteiger partial charge in [0.2, 0.25) is 0 Å². The molecule has 3 amide bonds. The molecular weight excluding hydrogens is 354 g/mol. The van der Waals surface area contributed by atoms with Crippen molar-refractivity contribution in [2.45, 2.75) is 38.1 Å². The van der Waals surface area contributed by atoms with Crippen LogP contribution in [0.3, 0.4) is 0 Å². The molecule has 146 valence electrons. The van der Waals surface area contributed by atoms with E-state index in [1.807, 2.05) is 12.1 Å². The number of nitrogens with one attached hydrogen (secondary N) is 3. The molecule has 0 spiro atoms. The van der Waals surface area contributed by atoms with E-state index in [0.29, 0.717) is 23.0 Å². The lowest BCUT2D eigenvalue weighted by Gasteiger charge is -2.27. The number of hydrogen-bond donors (Lipinski definition) is 3. The number of urea groups is 1. The van der Waals surface area contributed by atoms with Gasteiger partial charge in [-0.3, -0.25) is 4.79 Å². The van der Waals surface area contributed by atoms with Gasteiger partial charge in [-0.1, -0.05) is 0 Å². The summed E-state index contributed by atoms with van der Waals surface area (Å²) in [6.07, 6.45) is 7.46. The van der Waals surface area contributed by atoms with E-state index in [4.69, 9.17) is 0 Å². The first-order valence-electron chi connectivity index (χ1n) is 9.87. The number of amides is 3. The Labute approximate surface area is 164 Å². The van der Waals surface area contributed by atoms with Crippen molar-refractivity contribution < 1.29 is 9.59 Å². The van der Waals surface area contributed by atoms with Gasteiger partial charge in [0.1, 0.15) is 5.82 Å². The monoisotopic (exact) mass is 379 g/mol. The maximum atomic E-state index is 12.4. The third-order valence-electron chi connectivity index (χ3n) is 5.00. The molecular formula is C21H25N5O2. The molecule has 28 heavy (non-hydrogen) atoms. The number of anilines is 3. The minimum absolute atomic E-state index is 0.207. The van der Waals surface area contributed by atoms with Crippen LogP contribution in [0.5, 0.6) is 0 Å². The minimum Gasteiger partial charge on any atom is -0.357 e. The van der Waals surface area contributed by atoms with Crippen LogP contribution in [-0.2, 0) is 0 Å². The Balaban J connectivity index is 1.31. The summed E-state index contributed by atoms with van der Waals surface area (Å²) in [4.78, 5) is 31.0. The Morgan fingerprint density at radius 1 is 0.893 bits per heavy atom. The molecule has 3 N–H and O–H groups in total. The lowest BCUT2D eigenvalue weighted by Crippen LogP contribution is -2.30. The summed E-state index contributed by atoms with van der Waals surface area (Å²) in [5.41, 5.74) is 1.84. The first kappa shape index (κ1) is 18.3. The Morgan fingerprint density at radius 2 is 1.61 bits per heavy atom. The smallest absolute Gasteiger partial charge is 0.319 e. The van der Waals surface area contributed by atoms with Crippen LogP contribution < -0.4 is 20.9 Å². The number of piperidine rings is 1. The van der Waals surface area contributed by atoms with E-state index in [0.717, 1.165) is 31.7 Å². The second-order valence-corrected chi connectivity index (χ2v) is 7.36. The van der Waals surface area contributed by atoms with Gasteiger partial charge in [0.15, 0.2) is 0 Å². The van der Waals surface area contributed by atoms with Gasteiger partial charge in [-0.05, 0) is 68.5 Å². The Bertz CT molecular complexity index is 825. The van der Waals surface area contributed by atoms with Crippen molar-refractivity contribution in [2.75, 3.05) is 28.6 Å². The fourth-order valence-electron chi connectivity index (χ4n) is 3.26. The molecule has 0 radical (unpaired) electrons. The molecule has 4 rings (SSSR count). The molecule has 2 aromatic rings. The van der Waals surface area contributed by atoms with Crippen LogP contribution in [0.2, 0.25) is 0 Å². The van der Waals surface area contributed by atoms with Gasteiger partial charge in [-0.15, -0.1) is 0 Å². The van der Waals surface area contributed by atoms with Crippen molar-refractivity contribution >= 4 is 29.1 Å². The second-order valence-electron chi connectivity index (χ2n) is 7.36. The lowest BCUT2D eigenvalue weighted by molar-refractivity contribution is 0.102. The van der Waals surface area contributed by atoms with Crippen molar-refractivity contribution in [2.24, 2.45) is 0 Å². The predicted molar refractivity (Wildman–Crippen MR) is 110 cm³/mol. The van der Waals surface area contributed by atoms with Crippen molar-refractivity contribution in [3.05, 3.63) is 48.2 Å². The van der Waals surface area contributed by atoms with Crippen LogP contribution in [0.25, 0.3) is 0 Å². The van der Waals surface area contributed by atoms with E-state index in [1.165, 1.54) is 19.3 Å². The summed E-state index contributed by atoms with van der Waals surface area (Å²) in [6, 6.07) is 10.8. The molecule has 7 nitrogen and oxygen atoms in total. The highest BCUT2D eigenvalue weighted by Crippen LogP contribution is 2.20. The van der Waals surface area contributed by atoms with Crippen molar-refractivity contribution in [3.8, 4) is 0 Å². The van der Waals surface area contributed by atoms with Crippen LogP contribution in [0.4, 0.5) is 22.0 Å². The van der Waals surface area contributed by atoms with Crippen molar-refractivity contribution in [3.63, 3.8) is 0 Å². The lowest BCUT2D eigenvalue weighted by atomic mass is 10.1. The summed E-state index contributed by atoms with van der Waals surface area (Å²) >= 11 is 0. The van der Waals surface area contributed by atoms with E-state index in [1.54, 1.807) is 30.5 Å². The molecule has 1 aliphatic carbocycles. The summed E-state index contributed by atoms with van der Waals surface area (Å²) in [6.45, 7) is 2.08. The summed E-state index contributed by atoms with van der Waals surface area (Å²) in [7, 11) is 0. The van der Waals surface area contributed by atoms with Gasteiger partial charge < -0.3 is 20.9 Å². The maximum absolute atomic E-state index is 12.4. The molecule has 0 atom stereocenters. The SMILES string of the molecule is O=C(Nc1ccc(C(=O)Nc2ccc(N3CCCCC3)nc2)cc1)NC1CC1. The largest absolute Gasteiger partial charge is 0.357 e. The first-order valence-corrected chi connectivity index (χ1v) is 9.87. The van der Waals surface area contributed by atoms with E-state index >= 15 is 0 Å². The van der Waals surface area contributed by atoms with Crippen LogP contribution in [0.1, 0.15) is 42.5 Å². The number of hydrogen-bond acceptors (Lipinski definition) is 4. The van der Waals surface area contributed by atoms with E-state index in [9.17, 15) is 9.59 Å². The van der Waals surface area contributed by atoms with Crippen LogP contribution in [0, 0.1) is 0 Å². The van der Waals surface area contributed by atoms with E-state index in [2.05, 4.69) is 25.8 Å². The van der Waals surface area contributed by atoms with Gasteiger partial charge >= 0.3 is 6.03 Å². The van der Waals surface area contributed by atoms with Gasteiger partial charge in [-0.25, -0.2) is 9.78 Å². The summed E-state index contributed by atoms with van der Waals surface area (Å²) < 4.78 is 0. The zero-order valence-electron chi connectivity index (χ0n) is 15.8. The van der Waals surface area contributed by atoms with Gasteiger partial charge in [-0.2, -0.15) is 0 Å². The van der Waals surface area contributed by atoms with E-state index in [-0.39, 0.29) is 11.9 Å². The zero-order chi connectivity index (χ0) is 19.3. The molecule has 0 bridgehead atoms. The number of carbonyl (C=O) groups excluding carboxylic acids is 2. The molecule has 1 aromatic carbocycles. The van der Waals surface area contributed by atoms with Crippen LogP contribution >= 0.6 is 0 Å². The minimum atomic E-state index is -0.209. The fraction of sp³-hybridized carbons (Fsp3) is 0.381. The molecule has 0 unspecified atom stereocenters. The highest BCUT2D eigenvalue weighted by Gasteiger charge is 2.23. The third-order valence-corrected chi connectivity index (χ3v) is 5.00. The van der Waals surface area contributed by atoms with Crippen molar-refractivity contribution in [1.82, 2.24) is 10.3 Å². The maximum Gasteiger partial charge on any atom is 0.319 e. The molecule has 7 heteroatoms. The number of rotatable bonds is 5. The topological polar surface area (TPSA) is 86.4 Å². The molecule has 2 heterocycles. The molecule has 1 aliphatic heterocycles. The second kappa shape index (κ2) is 8.29. The quantitative estimate of drug-likeness (QED) is 0.741. The zero-order valence-corrected chi connectivity index (χ0v) is 15.8. The van der Waals surface area contributed by atoms with Crippen molar-refractivity contribution in [1.29, 1.82) is 0 Å². The number of aromatic nitrogens is 1. The standard InChI is InChI=1S/C21H25N5O2/c27-20(15-4-6-16(7-5-15)24-21(28)25-17-8-9-17)23-18-10-11-19(22-14-18)26-12-2-1-3-13-26/h4-7,10-11,14,17H,1-3,8-9,12-13H2,(H,23,27)(H2,24,25,28). The average Bonchev–Trinajstić information content (AvgIpc) is 3.53. The fourth-order valence-corrected chi connectivity index (χ4v) is 3.26. The normalized spacial score (nSPS) is 16.4. The molecule has 1 saturated carbocycles.